The summed E-state index contributed by atoms with van der Waals surface area (Å²) in [5.41, 5.74) is 2.42. The van der Waals surface area contributed by atoms with Crippen molar-refractivity contribution in [3.05, 3.63) is 74.6 Å². The van der Waals surface area contributed by atoms with Crippen molar-refractivity contribution in [2.75, 3.05) is 13.1 Å². The number of hydrogen-bond donors (Lipinski definition) is 0. The second kappa shape index (κ2) is 9.22. The molecule has 0 bridgehead atoms. The minimum Gasteiger partial charge on any atom is -0.343 e. The maximum Gasteiger partial charge on any atom is 0.269 e. The van der Waals surface area contributed by atoms with E-state index in [1.54, 1.807) is 24.3 Å². The molecule has 1 aliphatic heterocycles. The summed E-state index contributed by atoms with van der Waals surface area (Å²) in [5.74, 6) is -0.123. The number of nitrogens with zero attached hydrogens (tertiary/aromatic N) is 4. The molecule has 4 rings (SSSR count). The molecular weight excluding hydrogens is 419 g/mol. The molecule has 1 saturated heterocycles. The summed E-state index contributed by atoms with van der Waals surface area (Å²) >= 11 is 1.45. The molecule has 2 aromatic carbocycles. The molecule has 0 unspecified atom stereocenters. The molecule has 0 aliphatic carbocycles. The number of carbonyl (C=O) groups is 1. The van der Waals surface area contributed by atoms with Crippen LogP contribution < -0.4 is 4.80 Å². The Labute approximate surface area is 182 Å². The van der Waals surface area contributed by atoms with Gasteiger partial charge in [0.25, 0.3) is 5.69 Å². The number of carbonyl (C=O) groups excluding carboxylic acids is 1. The first kappa shape index (κ1) is 20.9. The van der Waals surface area contributed by atoms with E-state index in [2.05, 4.69) is 9.56 Å². The van der Waals surface area contributed by atoms with E-state index in [-0.39, 0.29) is 17.4 Å². The highest BCUT2D eigenvalue weighted by Gasteiger charge is 2.19. The minimum atomic E-state index is -0.423. The standard InChI is InChI=1S/C22H21FN4O3S/c23-17-6-8-18(9-7-17)24-22-26(14-2-13-25-12-1-3-21(25)28)20(15-31-22)16-4-10-19(11-5-16)27(29)30/h4-11,15H,1-3,12-14H2. The maximum absolute atomic E-state index is 13.2. The fourth-order valence-corrected chi connectivity index (χ4v) is 4.56. The first-order valence-corrected chi connectivity index (χ1v) is 10.9. The van der Waals surface area contributed by atoms with E-state index in [1.165, 1.54) is 35.6 Å². The summed E-state index contributed by atoms with van der Waals surface area (Å²) in [6, 6.07) is 12.4. The van der Waals surface area contributed by atoms with Crippen molar-refractivity contribution in [3.8, 4) is 11.3 Å². The predicted molar refractivity (Wildman–Crippen MR) is 116 cm³/mol. The van der Waals surface area contributed by atoms with Crippen molar-refractivity contribution in [3.63, 3.8) is 0 Å². The number of hydrogen-bond acceptors (Lipinski definition) is 5. The van der Waals surface area contributed by atoms with Gasteiger partial charge in [-0.15, -0.1) is 11.3 Å². The summed E-state index contributed by atoms with van der Waals surface area (Å²) in [6.07, 6.45) is 2.29. The average molecular weight is 441 g/mol. The van der Waals surface area contributed by atoms with Crippen molar-refractivity contribution >= 4 is 28.6 Å². The van der Waals surface area contributed by atoms with Crippen LogP contribution in [-0.4, -0.2) is 33.4 Å². The van der Waals surface area contributed by atoms with Crippen LogP contribution in [0.2, 0.25) is 0 Å². The number of likely N-dealkylation sites (tertiary alicyclic amines) is 1. The van der Waals surface area contributed by atoms with Gasteiger partial charge in [0.1, 0.15) is 5.82 Å². The Morgan fingerprint density at radius 1 is 1.10 bits per heavy atom. The Hall–Kier alpha value is -3.33. The highest BCUT2D eigenvalue weighted by molar-refractivity contribution is 7.07. The number of thiazole rings is 1. The number of rotatable bonds is 7. The van der Waals surface area contributed by atoms with Gasteiger partial charge < -0.3 is 9.47 Å². The van der Waals surface area contributed by atoms with Crippen molar-refractivity contribution in [1.29, 1.82) is 0 Å². The Morgan fingerprint density at radius 3 is 2.48 bits per heavy atom. The Balaban J connectivity index is 1.65. The van der Waals surface area contributed by atoms with E-state index in [1.807, 2.05) is 10.3 Å². The third kappa shape index (κ3) is 4.88. The van der Waals surface area contributed by atoms with Gasteiger partial charge in [0, 0.05) is 43.6 Å². The normalized spacial score (nSPS) is 14.4. The molecule has 3 aromatic rings. The van der Waals surface area contributed by atoms with Gasteiger partial charge in [-0.25, -0.2) is 9.38 Å². The first-order chi connectivity index (χ1) is 15.0. The van der Waals surface area contributed by atoms with Crippen molar-refractivity contribution in [2.24, 2.45) is 4.99 Å². The summed E-state index contributed by atoms with van der Waals surface area (Å²) in [5, 5.41) is 12.9. The molecule has 160 valence electrons. The molecule has 7 nitrogen and oxygen atoms in total. The Morgan fingerprint density at radius 2 is 1.84 bits per heavy atom. The molecule has 0 saturated carbocycles. The summed E-state index contributed by atoms with van der Waals surface area (Å²) < 4.78 is 15.3. The van der Waals surface area contributed by atoms with Gasteiger partial charge in [-0.1, -0.05) is 0 Å². The van der Waals surface area contributed by atoms with Gasteiger partial charge in [0.05, 0.1) is 16.3 Å². The lowest BCUT2D eigenvalue weighted by atomic mass is 10.1. The second-order valence-electron chi connectivity index (χ2n) is 7.29. The van der Waals surface area contributed by atoms with E-state index < -0.39 is 4.92 Å². The minimum absolute atomic E-state index is 0.0364. The smallest absolute Gasteiger partial charge is 0.269 e. The number of aromatic nitrogens is 1. The molecule has 1 fully saturated rings. The van der Waals surface area contributed by atoms with Gasteiger partial charge >= 0.3 is 0 Å². The SMILES string of the molecule is O=C1CCCN1CCCn1c(-c2ccc([N+](=O)[O-])cc2)csc1=Nc1ccc(F)cc1. The molecular formula is C22H21FN4O3S. The highest BCUT2D eigenvalue weighted by Crippen LogP contribution is 2.24. The lowest BCUT2D eigenvalue weighted by molar-refractivity contribution is -0.384. The lowest BCUT2D eigenvalue weighted by Gasteiger charge is -2.16. The summed E-state index contributed by atoms with van der Waals surface area (Å²) in [6.45, 7) is 2.12. The zero-order valence-corrected chi connectivity index (χ0v) is 17.6. The topological polar surface area (TPSA) is 80.7 Å². The molecule has 1 aromatic heterocycles. The monoisotopic (exact) mass is 440 g/mol. The molecule has 9 heteroatoms. The van der Waals surface area contributed by atoms with Gasteiger partial charge in [-0.05, 0) is 54.8 Å². The maximum atomic E-state index is 13.2. The largest absolute Gasteiger partial charge is 0.343 e. The van der Waals surface area contributed by atoms with Crippen molar-refractivity contribution in [1.82, 2.24) is 9.47 Å². The zero-order valence-electron chi connectivity index (χ0n) is 16.7. The molecule has 0 atom stereocenters. The third-order valence-electron chi connectivity index (χ3n) is 5.20. The fraction of sp³-hybridized carbons (Fsp3) is 0.273. The fourth-order valence-electron chi connectivity index (χ4n) is 3.61. The van der Waals surface area contributed by atoms with Gasteiger partial charge in [0.2, 0.25) is 5.91 Å². The van der Waals surface area contributed by atoms with E-state index in [9.17, 15) is 19.3 Å². The highest BCUT2D eigenvalue weighted by atomic mass is 32.1. The van der Waals surface area contributed by atoms with Crippen LogP contribution in [0, 0.1) is 15.9 Å². The van der Waals surface area contributed by atoms with Crippen LogP contribution in [0.3, 0.4) is 0 Å². The zero-order chi connectivity index (χ0) is 21.8. The number of nitro groups is 1. The van der Waals surface area contributed by atoms with E-state index >= 15 is 0 Å². The van der Waals surface area contributed by atoms with E-state index in [0.29, 0.717) is 25.2 Å². The predicted octanol–water partition coefficient (Wildman–Crippen LogP) is 4.51. The number of amides is 1. The molecule has 1 amide bonds. The Bertz CT molecular complexity index is 1150. The molecule has 2 heterocycles. The lowest BCUT2D eigenvalue weighted by Crippen LogP contribution is -2.27. The summed E-state index contributed by atoms with van der Waals surface area (Å²) in [7, 11) is 0. The van der Waals surface area contributed by atoms with Gasteiger partial charge in [0.15, 0.2) is 4.80 Å². The molecule has 0 radical (unpaired) electrons. The number of nitro benzene ring substituents is 1. The number of halogens is 1. The third-order valence-corrected chi connectivity index (χ3v) is 6.07. The van der Waals surface area contributed by atoms with Crippen LogP contribution >= 0.6 is 11.3 Å². The van der Waals surface area contributed by atoms with E-state index in [4.69, 9.17) is 0 Å². The van der Waals surface area contributed by atoms with Gasteiger partial charge in [-0.3, -0.25) is 14.9 Å². The molecule has 31 heavy (non-hydrogen) atoms. The molecule has 1 aliphatic rings. The van der Waals surface area contributed by atoms with Crippen LogP contribution in [0.1, 0.15) is 19.3 Å². The van der Waals surface area contributed by atoms with Crippen LogP contribution in [0.15, 0.2) is 58.9 Å². The first-order valence-electron chi connectivity index (χ1n) is 10.0. The van der Waals surface area contributed by atoms with E-state index in [0.717, 1.165) is 35.4 Å². The summed E-state index contributed by atoms with van der Waals surface area (Å²) in [4.78, 5) is 29.7. The average Bonchev–Trinajstić information content (AvgIpc) is 3.36. The quantitative estimate of drug-likeness (QED) is 0.400. The van der Waals surface area contributed by atoms with Crippen molar-refractivity contribution in [2.45, 2.75) is 25.8 Å². The van der Waals surface area contributed by atoms with Crippen molar-refractivity contribution < 1.29 is 14.1 Å². The van der Waals surface area contributed by atoms with Crippen LogP contribution in [0.25, 0.3) is 11.3 Å². The number of non-ortho nitro benzene ring substituents is 1. The molecule has 0 spiro atoms. The van der Waals surface area contributed by atoms with Crippen LogP contribution in [-0.2, 0) is 11.3 Å². The van der Waals surface area contributed by atoms with Crippen LogP contribution in [0.5, 0.6) is 0 Å². The number of benzene rings is 2. The molecule has 0 N–H and O–H groups in total. The Kier molecular flexibility index (Phi) is 6.22. The second-order valence-corrected chi connectivity index (χ2v) is 8.12. The van der Waals surface area contributed by atoms with Gasteiger partial charge in [-0.2, -0.15) is 0 Å². The van der Waals surface area contributed by atoms with Crippen LogP contribution in [0.4, 0.5) is 15.8 Å².